The molecule has 0 spiro atoms. The maximum Gasteiger partial charge on any atom is 0.243 e. The molecule has 1 aliphatic rings. The molecular weight excluding hydrogens is 180 g/mol. The molecule has 1 heterocycles. The highest BCUT2D eigenvalue weighted by Gasteiger charge is 2.13. The lowest BCUT2D eigenvalue weighted by molar-refractivity contribution is -0.116. The molecule has 1 rings (SSSR count). The summed E-state index contributed by atoms with van der Waals surface area (Å²) in [6, 6.07) is 0. The summed E-state index contributed by atoms with van der Waals surface area (Å²) in [4.78, 5) is 13.1. The molecule has 5 nitrogen and oxygen atoms in total. The Morgan fingerprint density at radius 3 is 2.64 bits per heavy atom. The van der Waals surface area contributed by atoms with E-state index < -0.39 is 0 Å². The van der Waals surface area contributed by atoms with E-state index in [1.54, 1.807) is 0 Å². The number of rotatable bonds is 4. The largest absolute Gasteiger partial charge is 0.351 e. The van der Waals surface area contributed by atoms with Crippen LogP contribution in [0.3, 0.4) is 0 Å². The summed E-state index contributed by atoms with van der Waals surface area (Å²) < 4.78 is 0. The van der Waals surface area contributed by atoms with Crippen LogP contribution in [0.15, 0.2) is 12.7 Å². The van der Waals surface area contributed by atoms with Gasteiger partial charge in [-0.3, -0.25) is 15.5 Å². The highest BCUT2D eigenvalue weighted by atomic mass is 16.1. The second-order valence-electron chi connectivity index (χ2n) is 3.37. The van der Waals surface area contributed by atoms with Crippen molar-refractivity contribution in [3.05, 3.63) is 12.7 Å². The molecular formula is C9H18N4O. The fraction of sp³-hybridized carbons (Fsp3) is 0.667. The van der Waals surface area contributed by atoms with Crippen molar-refractivity contribution in [3.8, 4) is 0 Å². The first kappa shape index (κ1) is 11.2. The van der Waals surface area contributed by atoms with E-state index in [-0.39, 0.29) is 5.91 Å². The number of hydrogen-bond acceptors (Lipinski definition) is 4. The highest BCUT2D eigenvalue weighted by Crippen LogP contribution is 1.95. The molecule has 80 valence electrons. The van der Waals surface area contributed by atoms with Crippen LogP contribution in [0.1, 0.15) is 0 Å². The van der Waals surface area contributed by atoms with Crippen molar-refractivity contribution in [1.29, 1.82) is 0 Å². The Labute approximate surface area is 84.5 Å². The molecule has 0 aromatic rings. The number of hydrogen-bond donors (Lipinski definition) is 2. The SMILES string of the molecule is C=CC(=O)NCCN1CCN(N)CC1. The third-order valence-electron chi connectivity index (χ3n) is 2.32. The maximum absolute atomic E-state index is 10.8. The van der Waals surface area contributed by atoms with E-state index >= 15 is 0 Å². The van der Waals surface area contributed by atoms with E-state index in [0.717, 1.165) is 32.7 Å². The second-order valence-corrected chi connectivity index (χ2v) is 3.37. The Morgan fingerprint density at radius 1 is 1.43 bits per heavy atom. The molecule has 0 bridgehead atoms. The minimum absolute atomic E-state index is 0.109. The van der Waals surface area contributed by atoms with E-state index in [4.69, 9.17) is 5.84 Å². The number of nitrogens with one attached hydrogen (secondary N) is 1. The van der Waals surface area contributed by atoms with Crippen LogP contribution in [0.4, 0.5) is 0 Å². The fourth-order valence-corrected chi connectivity index (χ4v) is 1.40. The van der Waals surface area contributed by atoms with Gasteiger partial charge in [0.1, 0.15) is 0 Å². The molecule has 1 aliphatic heterocycles. The van der Waals surface area contributed by atoms with Crippen molar-refractivity contribution in [2.24, 2.45) is 5.84 Å². The Hall–Kier alpha value is -0.910. The van der Waals surface area contributed by atoms with Gasteiger partial charge in [0, 0.05) is 39.3 Å². The first-order chi connectivity index (χ1) is 6.72. The number of hydrazine groups is 1. The minimum Gasteiger partial charge on any atom is -0.351 e. The highest BCUT2D eigenvalue weighted by molar-refractivity contribution is 5.86. The Morgan fingerprint density at radius 2 is 2.07 bits per heavy atom. The average Bonchev–Trinajstić information content (AvgIpc) is 2.21. The molecule has 0 unspecified atom stereocenters. The molecule has 0 aliphatic carbocycles. The van der Waals surface area contributed by atoms with E-state index in [9.17, 15) is 4.79 Å². The number of carbonyl (C=O) groups is 1. The van der Waals surface area contributed by atoms with Gasteiger partial charge in [-0.2, -0.15) is 0 Å². The lowest BCUT2D eigenvalue weighted by atomic mass is 10.3. The van der Waals surface area contributed by atoms with Crippen LogP contribution in [0.2, 0.25) is 0 Å². The third kappa shape index (κ3) is 3.87. The van der Waals surface area contributed by atoms with Crippen LogP contribution in [-0.2, 0) is 4.79 Å². The van der Waals surface area contributed by atoms with E-state index in [0.29, 0.717) is 6.54 Å². The smallest absolute Gasteiger partial charge is 0.243 e. The predicted octanol–water partition coefficient (Wildman–Crippen LogP) is -1.22. The number of nitrogens with zero attached hydrogens (tertiary/aromatic N) is 2. The Kier molecular flexibility index (Phi) is 4.58. The van der Waals surface area contributed by atoms with Gasteiger partial charge in [-0.25, -0.2) is 5.01 Å². The van der Waals surface area contributed by atoms with Crippen LogP contribution in [0.5, 0.6) is 0 Å². The van der Waals surface area contributed by atoms with Crippen LogP contribution in [0, 0.1) is 0 Å². The molecule has 5 heteroatoms. The molecule has 0 aromatic carbocycles. The first-order valence-corrected chi connectivity index (χ1v) is 4.84. The molecule has 0 aromatic heterocycles. The molecule has 1 amide bonds. The average molecular weight is 198 g/mol. The van der Waals surface area contributed by atoms with E-state index in [1.807, 2.05) is 5.01 Å². The Bertz CT molecular complexity index is 199. The minimum atomic E-state index is -0.109. The zero-order chi connectivity index (χ0) is 10.4. The molecule has 3 N–H and O–H groups in total. The van der Waals surface area contributed by atoms with Crippen molar-refractivity contribution >= 4 is 5.91 Å². The van der Waals surface area contributed by atoms with E-state index in [2.05, 4.69) is 16.8 Å². The topological polar surface area (TPSA) is 61.6 Å². The van der Waals surface area contributed by atoms with Crippen molar-refractivity contribution in [2.75, 3.05) is 39.3 Å². The number of carbonyl (C=O) groups excluding carboxylic acids is 1. The number of piperazine rings is 1. The first-order valence-electron chi connectivity index (χ1n) is 4.84. The predicted molar refractivity (Wildman–Crippen MR) is 55.4 cm³/mol. The van der Waals surface area contributed by atoms with Crippen molar-refractivity contribution < 1.29 is 4.79 Å². The standard InChI is InChI=1S/C9H18N4O/c1-2-9(14)11-3-4-12-5-7-13(10)8-6-12/h2H,1,3-8,10H2,(H,11,14). The zero-order valence-electron chi connectivity index (χ0n) is 8.41. The molecule has 0 saturated carbocycles. The summed E-state index contributed by atoms with van der Waals surface area (Å²) in [5, 5.41) is 4.57. The van der Waals surface area contributed by atoms with Gasteiger partial charge in [-0.05, 0) is 6.08 Å². The molecule has 1 fully saturated rings. The molecule has 0 atom stereocenters. The van der Waals surface area contributed by atoms with Crippen LogP contribution in [-0.4, -0.2) is 55.1 Å². The second kappa shape index (κ2) is 5.74. The van der Waals surface area contributed by atoms with Gasteiger partial charge < -0.3 is 5.32 Å². The normalized spacial score (nSPS) is 19.2. The van der Waals surface area contributed by atoms with Gasteiger partial charge in [-0.1, -0.05) is 6.58 Å². The third-order valence-corrected chi connectivity index (χ3v) is 2.32. The van der Waals surface area contributed by atoms with Crippen molar-refractivity contribution in [3.63, 3.8) is 0 Å². The molecule has 14 heavy (non-hydrogen) atoms. The quantitative estimate of drug-likeness (QED) is 0.439. The maximum atomic E-state index is 10.8. The molecule has 1 saturated heterocycles. The van der Waals surface area contributed by atoms with Gasteiger partial charge in [0.15, 0.2) is 0 Å². The lowest BCUT2D eigenvalue weighted by Gasteiger charge is -2.31. The Balaban J connectivity index is 2.07. The van der Waals surface area contributed by atoms with E-state index in [1.165, 1.54) is 6.08 Å². The van der Waals surface area contributed by atoms with Crippen LogP contribution in [0.25, 0.3) is 0 Å². The van der Waals surface area contributed by atoms with Crippen molar-refractivity contribution in [2.45, 2.75) is 0 Å². The van der Waals surface area contributed by atoms with Gasteiger partial charge in [0.05, 0.1) is 0 Å². The van der Waals surface area contributed by atoms with Gasteiger partial charge in [0.25, 0.3) is 0 Å². The molecule has 0 radical (unpaired) electrons. The fourth-order valence-electron chi connectivity index (χ4n) is 1.40. The monoisotopic (exact) mass is 198 g/mol. The summed E-state index contributed by atoms with van der Waals surface area (Å²) in [5.74, 6) is 5.51. The van der Waals surface area contributed by atoms with Crippen LogP contribution >= 0.6 is 0 Å². The summed E-state index contributed by atoms with van der Waals surface area (Å²) in [6.07, 6.45) is 1.29. The summed E-state index contributed by atoms with van der Waals surface area (Å²) in [7, 11) is 0. The summed E-state index contributed by atoms with van der Waals surface area (Å²) >= 11 is 0. The van der Waals surface area contributed by atoms with Gasteiger partial charge >= 0.3 is 0 Å². The lowest BCUT2D eigenvalue weighted by Crippen LogP contribution is -2.50. The summed E-state index contributed by atoms with van der Waals surface area (Å²) in [6.45, 7) is 8.69. The van der Waals surface area contributed by atoms with Crippen LogP contribution < -0.4 is 11.2 Å². The van der Waals surface area contributed by atoms with Crippen molar-refractivity contribution in [1.82, 2.24) is 15.2 Å². The van der Waals surface area contributed by atoms with Gasteiger partial charge in [-0.15, -0.1) is 0 Å². The van der Waals surface area contributed by atoms with Gasteiger partial charge in [0.2, 0.25) is 5.91 Å². The summed E-state index contributed by atoms with van der Waals surface area (Å²) in [5.41, 5.74) is 0. The zero-order valence-corrected chi connectivity index (χ0v) is 8.41. The number of nitrogens with two attached hydrogens (primary N) is 1. The number of amides is 1.